The Morgan fingerprint density at radius 2 is 2.00 bits per heavy atom. The van der Waals surface area contributed by atoms with Crippen molar-refractivity contribution < 1.29 is 4.79 Å². The first-order valence-corrected chi connectivity index (χ1v) is 10.4. The van der Waals surface area contributed by atoms with E-state index in [1.807, 2.05) is 24.5 Å². The molecule has 152 valence electrons. The minimum Gasteiger partial charge on any atom is -0.366 e. The van der Waals surface area contributed by atoms with Gasteiger partial charge in [-0.05, 0) is 49.1 Å². The van der Waals surface area contributed by atoms with Crippen molar-refractivity contribution >= 4 is 17.4 Å². The number of fused-ring (bicyclic) bond motifs is 1. The van der Waals surface area contributed by atoms with Gasteiger partial charge in [-0.3, -0.25) is 9.20 Å². The molecule has 0 radical (unpaired) electrons. The Morgan fingerprint density at radius 3 is 2.80 bits per heavy atom. The van der Waals surface area contributed by atoms with Crippen molar-refractivity contribution in [2.75, 3.05) is 18.0 Å². The number of nitrogens with zero attached hydrogens (tertiary/aromatic N) is 4. The number of rotatable bonds is 4. The van der Waals surface area contributed by atoms with Crippen LogP contribution in [0.1, 0.15) is 31.7 Å². The maximum Gasteiger partial charge on any atom is 0.244 e. The van der Waals surface area contributed by atoms with Gasteiger partial charge in [0.15, 0.2) is 0 Å². The van der Waals surface area contributed by atoms with E-state index in [9.17, 15) is 4.79 Å². The van der Waals surface area contributed by atoms with Gasteiger partial charge in [-0.1, -0.05) is 25.2 Å². The lowest BCUT2D eigenvalue weighted by atomic mass is 9.75. The quantitative estimate of drug-likeness (QED) is 0.727. The second-order valence-electron chi connectivity index (χ2n) is 8.39. The number of allylic oxidation sites excluding steroid dienone is 3. The van der Waals surface area contributed by atoms with Crippen molar-refractivity contribution in [3.63, 3.8) is 0 Å². The molecular weight excluding hydrogens is 374 g/mol. The summed E-state index contributed by atoms with van der Waals surface area (Å²) >= 11 is 0. The van der Waals surface area contributed by atoms with Crippen LogP contribution in [-0.2, 0) is 10.2 Å². The van der Waals surface area contributed by atoms with Crippen LogP contribution in [0.4, 0.5) is 5.82 Å². The normalized spacial score (nSPS) is 21.2. The number of primary amides is 1. The fourth-order valence-electron chi connectivity index (χ4n) is 4.50. The predicted octanol–water partition coefficient (Wildman–Crippen LogP) is 3.63. The Labute approximate surface area is 175 Å². The molecule has 3 aromatic heterocycles. The zero-order chi connectivity index (χ0) is 20.7. The number of anilines is 1. The van der Waals surface area contributed by atoms with E-state index >= 15 is 0 Å². The van der Waals surface area contributed by atoms with E-state index in [0.29, 0.717) is 12.0 Å². The molecule has 6 heteroatoms. The molecule has 0 aromatic carbocycles. The molecule has 1 aliphatic heterocycles. The summed E-state index contributed by atoms with van der Waals surface area (Å²) in [7, 11) is 0. The van der Waals surface area contributed by atoms with Gasteiger partial charge < -0.3 is 10.6 Å². The predicted molar refractivity (Wildman–Crippen MR) is 118 cm³/mol. The number of carbonyl (C=O) groups excluding carboxylic acids is 1. The van der Waals surface area contributed by atoms with Crippen LogP contribution in [-0.4, -0.2) is 33.4 Å². The van der Waals surface area contributed by atoms with Crippen molar-refractivity contribution in [1.29, 1.82) is 0 Å². The van der Waals surface area contributed by atoms with Gasteiger partial charge in [0.2, 0.25) is 5.91 Å². The first kappa shape index (κ1) is 18.6. The molecule has 0 bridgehead atoms. The second kappa shape index (κ2) is 7.13. The number of aromatic nitrogens is 3. The summed E-state index contributed by atoms with van der Waals surface area (Å²) in [6, 6.07) is 8.39. The fourth-order valence-corrected chi connectivity index (χ4v) is 4.50. The lowest BCUT2D eigenvalue weighted by Gasteiger charge is -2.29. The topological polar surface area (TPSA) is 76.5 Å². The average Bonchev–Trinajstić information content (AvgIpc) is 3.43. The molecule has 5 rings (SSSR count). The Morgan fingerprint density at radius 1 is 1.17 bits per heavy atom. The smallest absolute Gasteiger partial charge is 0.244 e. The van der Waals surface area contributed by atoms with Crippen molar-refractivity contribution in [3.8, 4) is 11.3 Å². The third-order valence-electron chi connectivity index (χ3n) is 6.28. The summed E-state index contributed by atoms with van der Waals surface area (Å²) in [5, 5.41) is 0. The van der Waals surface area contributed by atoms with Crippen LogP contribution < -0.4 is 10.6 Å². The van der Waals surface area contributed by atoms with E-state index in [1.54, 1.807) is 6.08 Å². The molecule has 3 aromatic rings. The SMILES string of the molecule is CC1(c2ccn3c(-c4ccnc(N5CCCC5)c4)cnc3c2)C=CC=C(C(N)=O)C1. The van der Waals surface area contributed by atoms with E-state index in [2.05, 4.69) is 56.7 Å². The minimum atomic E-state index is -0.360. The van der Waals surface area contributed by atoms with Crippen molar-refractivity contribution in [3.05, 3.63) is 72.2 Å². The molecule has 2 N–H and O–H groups in total. The summed E-state index contributed by atoms with van der Waals surface area (Å²) in [5.74, 6) is 0.670. The van der Waals surface area contributed by atoms with Crippen molar-refractivity contribution in [2.45, 2.75) is 31.6 Å². The van der Waals surface area contributed by atoms with E-state index in [0.717, 1.165) is 41.4 Å². The Hall–Kier alpha value is -3.41. The zero-order valence-corrected chi connectivity index (χ0v) is 17.1. The number of hydrogen-bond donors (Lipinski definition) is 1. The van der Waals surface area contributed by atoms with Gasteiger partial charge in [-0.25, -0.2) is 9.97 Å². The van der Waals surface area contributed by atoms with Crippen LogP contribution in [0.5, 0.6) is 0 Å². The Balaban J connectivity index is 1.49. The summed E-state index contributed by atoms with van der Waals surface area (Å²) in [4.78, 5) is 23.2. The van der Waals surface area contributed by atoms with E-state index in [1.165, 1.54) is 12.8 Å². The van der Waals surface area contributed by atoms with Gasteiger partial charge in [0.25, 0.3) is 0 Å². The molecule has 1 atom stereocenters. The zero-order valence-electron chi connectivity index (χ0n) is 17.1. The number of hydrogen-bond acceptors (Lipinski definition) is 4. The molecule has 1 unspecified atom stereocenters. The van der Waals surface area contributed by atoms with Gasteiger partial charge in [-0.2, -0.15) is 0 Å². The lowest BCUT2D eigenvalue weighted by molar-refractivity contribution is -0.114. The van der Waals surface area contributed by atoms with Crippen LogP contribution in [0.15, 0.2) is 66.7 Å². The highest BCUT2D eigenvalue weighted by Gasteiger charge is 2.29. The molecule has 1 amide bonds. The van der Waals surface area contributed by atoms with Crippen LogP contribution in [0.25, 0.3) is 16.9 Å². The number of pyridine rings is 2. The minimum absolute atomic E-state index is 0.285. The Kier molecular flexibility index (Phi) is 4.42. The molecule has 30 heavy (non-hydrogen) atoms. The molecule has 4 heterocycles. The summed E-state index contributed by atoms with van der Waals surface area (Å²) < 4.78 is 2.10. The van der Waals surface area contributed by atoms with Gasteiger partial charge in [0.1, 0.15) is 11.5 Å². The van der Waals surface area contributed by atoms with Crippen LogP contribution >= 0.6 is 0 Å². The Bertz CT molecular complexity index is 1190. The molecule has 1 aliphatic carbocycles. The van der Waals surface area contributed by atoms with E-state index in [4.69, 9.17) is 5.73 Å². The maximum absolute atomic E-state index is 11.7. The van der Waals surface area contributed by atoms with E-state index < -0.39 is 0 Å². The number of amides is 1. The largest absolute Gasteiger partial charge is 0.366 e. The number of carbonyl (C=O) groups is 1. The van der Waals surface area contributed by atoms with Gasteiger partial charge >= 0.3 is 0 Å². The van der Waals surface area contributed by atoms with E-state index in [-0.39, 0.29) is 11.3 Å². The molecule has 0 spiro atoms. The maximum atomic E-state index is 11.7. The van der Waals surface area contributed by atoms with Crippen molar-refractivity contribution in [2.24, 2.45) is 5.73 Å². The summed E-state index contributed by atoms with van der Waals surface area (Å²) in [6.07, 6.45) is 14.7. The number of imidazole rings is 1. The number of nitrogens with two attached hydrogens (primary N) is 1. The monoisotopic (exact) mass is 399 g/mol. The van der Waals surface area contributed by atoms with Gasteiger partial charge in [0.05, 0.1) is 11.9 Å². The highest BCUT2D eigenvalue weighted by molar-refractivity contribution is 5.93. The standard InChI is InChI=1S/C24H25N5O/c1-24(8-4-5-18(15-24)23(25)30)19-7-12-29-20(16-27-22(29)14-19)17-6-9-26-21(13-17)28-10-2-3-11-28/h4-9,12-14,16H,2-3,10-11,15H2,1H3,(H2,25,30). The lowest BCUT2D eigenvalue weighted by Crippen LogP contribution is -2.27. The van der Waals surface area contributed by atoms with Crippen LogP contribution in [0, 0.1) is 0 Å². The van der Waals surface area contributed by atoms with Crippen molar-refractivity contribution in [1.82, 2.24) is 14.4 Å². The molecule has 1 saturated heterocycles. The average molecular weight is 399 g/mol. The third kappa shape index (κ3) is 3.18. The fraction of sp³-hybridized carbons (Fsp3) is 0.292. The molecule has 1 fully saturated rings. The van der Waals surface area contributed by atoms with Gasteiger partial charge in [0, 0.05) is 42.0 Å². The molecular formula is C24H25N5O. The van der Waals surface area contributed by atoms with Crippen LogP contribution in [0.3, 0.4) is 0 Å². The molecule has 6 nitrogen and oxygen atoms in total. The van der Waals surface area contributed by atoms with Crippen LogP contribution in [0.2, 0.25) is 0 Å². The highest BCUT2D eigenvalue weighted by Crippen LogP contribution is 2.36. The first-order valence-electron chi connectivity index (χ1n) is 10.4. The summed E-state index contributed by atoms with van der Waals surface area (Å²) in [6.45, 7) is 4.27. The highest BCUT2D eigenvalue weighted by atomic mass is 16.1. The van der Waals surface area contributed by atoms with Gasteiger partial charge in [-0.15, -0.1) is 0 Å². The molecule has 2 aliphatic rings. The summed E-state index contributed by atoms with van der Waals surface area (Å²) in [5.41, 5.74) is 10.0. The third-order valence-corrected chi connectivity index (χ3v) is 6.28. The first-order chi connectivity index (χ1) is 14.5. The molecule has 0 saturated carbocycles. The second-order valence-corrected chi connectivity index (χ2v) is 8.39.